The van der Waals surface area contributed by atoms with E-state index in [-0.39, 0.29) is 11.7 Å². The first kappa shape index (κ1) is 20.9. The highest BCUT2D eigenvalue weighted by Gasteiger charge is 2.18. The number of hydrogen-bond donors (Lipinski definition) is 1. The van der Waals surface area contributed by atoms with Crippen molar-refractivity contribution in [3.05, 3.63) is 70.6 Å². The Morgan fingerprint density at radius 2 is 1.66 bits per heavy atom. The van der Waals surface area contributed by atoms with Crippen LogP contribution in [-0.2, 0) is 6.54 Å². The third kappa shape index (κ3) is 5.16. The van der Waals surface area contributed by atoms with Gasteiger partial charge in [-0.3, -0.25) is 19.8 Å². The Balaban J connectivity index is 1.76. The lowest BCUT2D eigenvalue weighted by atomic mass is 10.1. The number of nitrogens with one attached hydrogen (secondary N) is 1. The van der Waals surface area contributed by atoms with Crippen LogP contribution >= 0.6 is 11.3 Å². The fourth-order valence-corrected chi connectivity index (χ4v) is 3.92. The zero-order valence-corrected chi connectivity index (χ0v) is 17.8. The van der Waals surface area contributed by atoms with Gasteiger partial charge in [0.2, 0.25) is 0 Å². The summed E-state index contributed by atoms with van der Waals surface area (Å²) in [6.45, 7) is 8.64. The van der Waals surface area contributed by atoms with Gasteiger partial charge in [0.15, 0.2) is 10.9 Å². The first-order chi connectivity index (χ1) is 14.0. The zero-order chi connectivity index (χ0) is 20.8. The lowest BCUT2D eigenvalue weighted by Crippen LogP contribution is -2.22. The number of carbonyl (C=O) groups is 2. The van der Waals surface area contributed by atoms with E-state index in [0.717, 1.165) is 25.2 Å². The second-order valence-electron chi connectivity index (χ2n) is 6.73. The Labute approximate surface area is 175 Å². The Hall–Kier alpha value is -2.83. The molecule has 0 bridgehead atoms. The molecule has 0 fully saturated rings. The number of thiazole rings is 1. The van der Waals surface area contributed by atoms with Crippen LogP contribution < -0.4 is 5.32 Å². The molecule has 0 spiro atoms. The van der Waals surface area contributed by atoms with Gasteiger partial charge in [-0.2, -0.15) is 0 Å². The largest absolute Gasteiger partial charge is 0.300 e. The maximum absolute atomic E-state index is 12.6. The van der Waals surface area contributed by atoms with Crippen LogP contribution in [0.25, 0.3) is 11.3 Å². The average Bonchev–Trinajstić information content (AvgIpc) is 3.17. The minimum Gasteiger partial charge on any atom is -0.300 e. The molecule has 0 atom stereocenters. The molecule has 6 heteroatoms. The van der Waals surface area contributed by atoms with Gasteiger partial charge in [0, 0.05) is 24.6 Å². The number of anilines is 1. The molecule has 0 saturated heterocycles. The molecule has 1 aromatic heterocycles. The number of carbonyl (C=O) groups excluding carboxylic acids is 2. The van der Waals surface area contributed by atoms with E-state index in [9.17, 15) is 9.59 Å². The molecule has 0 aliphatic heterocycles. The molecule has 3 rings (SSSR count). The van der Waals surface area contributed by atoms with Crippen molar-refractivity contribution >= 4 is 28.2 Å². The van der Waals surface area contributed by atoms with E-state index in [1.54, 1.807) is 0 Å². The molecule has 150 valence electrons. The highest BCUT2D eigenvalue weighted by molar-refractivity contribution is 7.18. The normalized spacial score (nSPS) is 10.9. The predicted molar refractivity (Wildman–Crippen MR) is 119 cm³/mol. The van der Waals surface area contributed by atoms with Crippen LogP contribution in [0, 0.1) is 0 Å². The monoisotopic (exact) mass is 407 g/mol. The van der Waals surface area contributed by atoms with Crippen LogP contribution in [0.2, 0.25) is 0 Å². The fraction of sp³-hybridized carbons (Fsp3) is 0.261. The standard InChI is InChI=1S/C23H25N3O2S/c1-4-26(5-2)15-17-11-13-19(14-12-17)22(28)25-23-24-20(21(29-23)16(3)27)18-9-7-6-8-10-18/h6-14H,4-5,15H2,1-3H3,(H,24,25,28). The zero-order valence-electron chi connectivity index (χ0n) is 16.9. The van der Waals surface area contributed by atoms with Crippen molar-refractivity contribution in [1.29, 1.82) is 0 Å². The van der Waals surface area contributed by atoms with Gasteiger partial charge in [-0.15, -0.1) is 0 Å². The van der Waals surface area contributed by atoms with Crippen LogP contribution in [0.5, 0.6) is 0 Å². The molecule has 1 amide bonds. The Kier molecular flexibility index (Phi) is 6.90. The van der Waals surface area contributed by atoms with Gasteiger partial charge in [-0.05, 0) is 30.8 Å². The molecule has 3 aromatic rings. The number of amides is 1. The summed E-state index contributed by atoms with van der Waals surface area (Å²) in [5, 5.41) is 3.25. The van der Waals surface area contributed by atoms with Gasteiger partial charge in [0.05, 0.1) is 10.6 Å². The van der Waals surface area contributed by atoms with Crippen molar-refractivity contribution in [1.82, 2.24) is 9.88 Å². The molecule has 0 saturated carbocycles. The van der Waals surface area contributed by atoms with Crippen LogP contribution in [0.4, 0.5) is 5.13 Å². The maximum Gasteiger partial charge on any atom is 0.257 e. The molecule has 0 radical (unpaired) electrons. The summed E-state index contributed by atoms with van der Waals surface area (Å²) in [7, 11) is 0. The summed E-state index contributed by atoms with van der Waals surface area (Å²) in [5.41, 5.74) is 3.20. The number of nitrogens with zero attached hydrogens (tertiary/aromatic N) is 2. The lowest BCUT2D eigenvalue weighted by molar-refractivity contribution is 0.101. The Morgan fingerprint density at radius 1 is 1.00 bits per heavy atom. The van der Waals surface area contributed by atoms with Crippen molar-refractivity contribution in [2.24, 2.45) is 0 Å². The van der Waals surface area contributed by atoms with Crippen molar-refractivity contribution in [3.8, 4) is 11.3 Å². The van der Waals surface area contributed by atoms with E-state index < -0.39 is 0 Å². The molecule has 0 unspecified atom stereocenters. The molecule has 0 aliphatic carbocycles. The van der Waals surface area contributed by atoms with Gasteiger partial charge in [-0.1, -0.05) is 67.6 Å². The van der Waals surface area contributed by atoms with Crippen LogP contribution in [0.15, 0.2) is 54.6 Å². The minimum atomic E-state index is -0.233. The maximum atomic E-state index is 12.6. The summed E-state index contributed by atoms with van der Waals surface area (Å²) in [6, 6.07) is 17.1. The number of Topliss-reactive ketones (excluding diaryl/α,β-unsaturated/α-hetero) is 1. The van der Waals surface area contributed by atoms with E-state index in [0.29, 0.717) is 21.3 Å². The number of rotatable bonds is 8. The SMILES string of the molecule is CCN(CC)Cc1ccc(C(=O)Nc2nc(-c3ccccc3)c(C(C)=O)s2)cc1. The fourth-order valence-electron chi connectivity index (χ4n) is 3.04. The van der Waals surface area contributed by atoms with Gasteiger partial charge >= 0.3 is 0 Å². The van der Waals surface area contributed by atoms with Crippen molar-refractivity contribution < 1.29 is 9.59 Å². The summed E-state index contributed by atoms with van der Waals surface area (Å²) in [6.07, 6.45) is 0. The van der Waals surface area contributed by atoms with Gasteiger partial charge in [0.1, 0.15) is 0 Å². The molecule has 29 heavy (non-hydrogen) atoms. The molecule has 1 N–H and O–H groups in total. The van der Waals surface area contributed by atoms with Crippen molar-refractivity contribution in [2.75, 3.05) is 18.4 Å². The summed E-state index contributed by atoms with van der Waals surface area (Å²) in [5.74, 6) is -0.300. The van der Waals surface area contributed by atoms with E-state index in [1.807, 2.05) is 54.6 Å². The summed E-state index contributed by atoms with van der Waals surface area (Å²) < 4.78 is 0. The predicted octanol–water partition coefficient (Wildman–Crippen LogP) is 5.11. The van der Waals surface area contributed by atoms with E-state index in [1.165, 1.54) is 23.8 Å². The van der Waals surface area contributed by atoms with E-state index in [4.69, 9.17) is 0 Å². The molecule has 2 aromatic carbocycles. The first-order valence-electron chi connectivity index (χ1n) is 9.71. The lowest BCUT2D eigenvalue weighted by Gasteiger charge is -2.17. The highest BCUT2D eigenvalue weighted by Crippen LogP contribution is 2.31. The topological polar surface area (TPSA) is 62.3 Å². The first-order valence-corrected chi connectivity index (χ1v) is 10.5. The number of aromatic nitrogens is 1. The number of hydrogen-bond acceptors (Lipinski definition) is 5. The minimum absolute atomic E-state index is 0.0670. The molecular formula is C23H25N3O2S. The quantitative estimate of drug-likeness (QED) is 0.527. The molecule has 5 nitrogen and oxygen atoms in total. The van der Waals surface area contributed by atoms with E-state index in [2.05, 4.69) is 29.0 Å². The smallest absolute Gasteiger partial charge is 0.257 e. The van der Waals surface area contributed by atoms with Crippen LogP contribution in [-0.4, -0.2) is 34.7 Å². The highest BCUT2D eigenvalue weighted by atomic mass is 32.1. The molecular weight excluding hydrogens is 382 g/mol. The third-order valence-electron chi connectivity index (χ3n) is 4.73. The average molecular weight is 408 g/mol. The third-order valence-corrected chi connectivity index (χ3v) is 5.80. The Morgan fingerprint density at radius 3 is 2.24 bits per heavy atom. The van der Waals surface area contributed by atoms with Crippen molar-refractivity contribution in [3.63, 3.8) is 0 Å². The van der Waals surface area contributed by atoms with Crippen LogP contribution in [0.1, 0.15) is 46.4 Å². The van der Waals surface area contributed by atoms with Gasteiger partial charge in [0.25, 0.3) is 5.91 Å². The van der Waals surface area contributed by atoms with Gasteiger partial charge < -0.3 is 0 Å². The number of benzene rings is 2. The summed E-state index contributed by atoms with van der Waals surface area (Å²) in [4.78, 5) is 32.1. The second-order valence-corrected chi connectivity index (χ2v) is 7.73. The molecule has 0 aliphatic rings. The number of ketones is 1. The van der Waals surface area contributed by atoms with Crippen LogP contribution in [0.3, 0.4) is 0 Å². The van der Waals surface area contributed by atoms with Crippen molar-refractivity contribution in [2.45, 2.75) is 27.3 Å². The Bertz CT molecular complexity index is 977. The second kappa shape index (κ2) is 9.58. The van der Waals surface area contributed by atoms with Gasteiger partial charge in [-0.25, -0.2) is 4.98 Å². The summed E-state index contributed by atoms with van der Waals surface area (Å²) >= 11 is 1.20. The molecule has 1 heterocycles. The van der Waals surface area contributed by atoms with E-state index >= 15 is 0 Å².